The molecule has 0 radical (unpaired) electrons. The zero-order valence-corrected chi connectivity index (χ0v) is 14.3. The summed E-state index contributed by atoms with van der Waals surface area (Å²) in [5.41, 5.74) is 0.478. The van der Waals surface area contributed by atoms with Gasteiger partial charge in [-0.1, -0.05) is 0 Å². The van der Waals surface area contributed by atoms with Crippen LogP contribution in [-0.4, -0.2) is 26.7 Å². The number of fused-ring (bicyclic) bond motifs is 1. The molecule has 0 aliphatic carbocycles. The van der Waals surface area contributed by atoms with E-state index in [1.807, 2.05) is 0 Å². The van der Waals surface area contributed by atoms with Crippen molar-refractivity contribution in [3.05, 3.63) is 59.0 Å². The maximum absolute atomic E-state index is 12.1. The Balaban J connectivity index is 1.66. The highest BCUT2D eigenvalue weighted by atomic mass is 16.5. The fourth-order valence-corrected chi connectivity index (χ4v) is 2.36. The van der Waals surface area contributed by atoms with Gasteiger partial charge >= 0.3 is 5.63 Å². The smallest absolute Gasteiger partial charge is 0.336 e. The molecule has 0 atom stereocenters. The van der Waals surface area contributed by atoms with Crippen molar-refractivity contribution >= 4 is 22.6 Å². The highest BCUT2D eigenvalue weighted by Crippen LogP contribution is 2.26. The third-order valence-corrected chi connectivity index (χ3v) is 3.60. The molecular formula is C19H17NO6. The van der Waals surface area contributed by atoms with E-state index in [-0.39, 0.29) is 12.5 Å². The number of carbonyl (C=O) groups is 1. The zero-order valence-electron chi connectivity index (χ0n) is 14.3. The van der Waals surface area contributed by atoms with Gasteiger partial charge in [-0.15, -0.1) is 0 Å². The van der Waals surface area contributed by atoms with Crippen molar-refractivity contribution in [2.45, 2.75) is 0 Å². The second-order valence-electron chi connectivity index (χ2n) is 5.39. The number of ether oxygens (including phenoxy) is 3. The minimum absolute atomic E-state index is 0.206. The van der Waals surface area contributed by atoms with Crippen LogP contribution >= 0.6 is 0 Å². The minimum atomic E-state index is -0.445. The lowest BCUT2D eigenvalue weighted by atomic mass is 10.2. The molecule has 26 heavy (non-hydrogen) atoms. The Morgan fingerprint density at radius 3 is 2.35 bits per heavy atom. The van der Waals surface area contributed by atoms with Crippen LogP contribution in [0, 0.1) is 0 Å². The van der Waals surface area contributed by atoms with Crippen molar-refractivity contribution in [2.24, 2.45) is 0 Å². The molecule has 1 heterocycles. The average molecular weight is 355 g/mol. The van der Waals surface area contributed by atoms with Crippen molar-refractivity contribution in [3.8, 4) is 17.2 Å². The quantitative estimate of drug-likeness (QED) is 0.684. The van der Waals surface area contributed by atoms with Gasteiger partial charge in [-0.3, -0.25) is 4.79 Å². The summed E-state index contributed by atoms with van der Waals surface area (Å²) in [5, 5.41) is 3.48. The minimum Gasteiger partial charge on any atom is -0.497 e. The normalized spacial score (nSPS) is 10.4. The fourth-order valence-electron chi connectivity index (χ4n) is 2.36. The standard InChI is InChI=1S/C19H17NO6/c1-23-15-7-13(8-16(9-15)24-2)20-18(21)11-25-14-5-3-12-4-6-19(22)26-17(12)10-14/h3-10H,11H2,1-2H3,(H,20,21). The van der Waals surface area contributed by atoms with Gasteiger partial charge < -0.3 is 23.9 Å². The van der Waals surface area contributed by atoms with Crippen LogP contribution in [0.1, 0.15) is 0 Å². The van der Waals surface area contributed by atoms with E-state index >= 15 is 0 Å². The molecule has 3 aromatic rings. The van der Waals surface area contributed by atoms with Crippen LogP contribution < -0.4 is 25.2 Å². The van der Waals surface area contributed by atoms with Gasteiger partial charge in [-0.25, -0.2) is 4.79 Å². The molecule has 2 aromatic carbocycles. The number of hydrogen-bond acceptors (Lipinski definition) is 6. The first-order chi connectivity index (χ1) is 12.6. The van der Waals surface area contributed by atoms with Crippen molar-refractivity contribution in [1.82, 2.24) is 0 Å². The lowest BCUT2D eigenvalue weighted by Crippen LogP contribution is -2.20. The molecular weight excluding hydrogens is 338 g/mol. The van der Waals surface area contributed by atoms with Crippen LogP contribution in [0.15, 0.2) is 57.7 Å². The molecule has 1 N–H and O–H groups in total. The van der Waals surface area contributed by atoms with Gasteiger partial charge in [0, 0.05) is 41.4 Å². The van der Waals surface area contributed by atoms with E-state index in [0.717, 1.165) is 5.39 Å². The van der Waals surface area contributed by atoms with E-state index in [1.54, 1.807) is 42.5 Å². The molecule has 7 heteroatoms. The molecule has 0 aliphatic heterocycles. The van der Waals surface area contributed by atoms with Gasteiger partial charge in [-0.2, -0.15) is 0 Å². The summed E-state index contributed by atoms with van der Waals surface area (Å²) < 4.78 is 20.9. The molecule has 0 saturated carbocycles. The summed E-state index contributed by atoms with van der Waals surface area (Å²) >= 11 is 0. The lowest BCUT2D eigenvalue weighted by molar-refractivity contribution is -0.118. The number of hydrogen-bond donors (Lipinski definition) is 1. The first-order valence-electron chi connectivity index (χ1n) is 7.77. The van der Waals surface area contributed by atoms with Crippen LogP contribution in [0.5, 0.6) is 17.2 Å². The number of nitrogens with one attached hydrogen (secondary N) is 1. The lowest BCUT2D eigenvalue weighted by Gasteiger charge is -2.10. The van der Waals surface area contributed by atoms with Crippen molar-refractivity contribution in [2.75, 3.05) is 26.1 Å². The van der Waals surface area contributed by atoms with E-state index in [1.165, 1.54) is 20.3 Å². The number of benzene rings is 2. The summed E-state index contributed by atoms with van der Waals surface area (Å²) in [6.07, 6.45) is 0. The Hall–Kier alpha value is -3.48. The number of methoxy groups -OCH3 is 2. The summed E-state index contributed by atoms with van der Waals surface area (Å²) in [4.78, 5) is 23.4. The van der Waals surface area contributed by atoms with Gasteiger partial charge in [0.15, 0.2) is 6.61 Å². The highest BCUT2D eigenvalue weighted by molar-refractivity contribution is 5.92. The number of rotatable bonds is 6. The molecule has 134 valence electrons. The largest absolute Gasteiger partial charge is 0.497 e. The topological polar surface area (TPSA) is 87.0 Å². The molecule has 0 bridgehead atoms. The molecule has 0 spiro atoms. The molecule has 0 fully saturated rings. The predicted molar refractivity (Wildman–Crippen MR) is 96.2 cm³/mol. The summed E-state index contributed by atoms with van der Waals surface area (Å²) in [6, 6.07) is 13.1. The number of amides is 1. The zero-order chi connectivity index (χ0) is 18.5. The summed E-state index contributed by atoms with van der Waals surface area (Å²) in [7, 11) is 3.06. The molecule has 0 aliphatic rings. The van der Waals surface area contributed by atoms with E-state index in [0.29, 0.717) is 28.5 Å². The summed E-state index contributed by atoms with van der Waals surface area (Å²) in [5.74, 6) is 1.19. The van der Waals surface area contributed by atoms with E-state index in [9.17, 15) is 9.59 Å². The molecule has 0 saturated heterocycles. The first-order valence-corrected chi connectivity index (χ1v) is 7.77. The third kappa shape index (κ3) is 4.13. The fraction of sp³-hybridized carbons (Fsp3) is 0.158. The van der Waals surface area contributed by atoms with Crippen molar-refractivity contribution in [3.63, 3.8) is 0 Å². The molecule has 1 aromatic heterocycles. The van der Waals surface area contributed by atoms with Crippen molar-refractivity contribution in [1.29, 1.82) is 0 Å². The third-order valence-electron chi connectivity index (χ3n) is 3.60. The average Bonchev–Trinajstić information content (AvgIpc) is 2.65. The maximum Gasteiger partial charge on any atom is 0.336 e. The SMILES string of the molecule is COc1cc(NC(=O)COc2ccc3ccc(=O)oc3c2)cc(OC)c1. The molecule has 3 rings (SSSR count). The van der Waals surface area contributed by atoms with Crippen LogP contribution in [0.3, 0.4) is 0 Å². The number of anilines is 1. The van der Waals surface area contributed by atoms with Gasteiger partial charge in [-0.05, 0) is 18.2 Å². The molecule has 0 unspecified atom stereocenters. The Kier molecular flexibility index (Phi) is 5.07. The van der Waals surface area contributed by atoms with Gasteiger partial charge in [0.25, 0.3) is 5.91 Å². The van der Waals surface area contributed by atoms with Crippen LogP contribution in [0.4, 0.5) is 5.69 Å². The Morgan fingerprint density at radius 1 is 0.962 bits per heavy atom. The van der Waals surface area contributed by atoms with Crippen LogP contribution in [-0.2, 0) is 4.79 Å². The first kappa shape index (κ1) is 17.3. The van der Waals surface area contributed by atoms with Crippen LogP contribution in [0.2, 0.25) is 0 Å². The Labute approximate surface area is 149 Å². The maximum atomic E-state index is 12.1. The van der Waals surface area contributed by atoms with Gasteiger partial charge in [0.1, 0.15) is 22.8 Å². The van der Waals surface area contributed by atoms with Crippen LogP contribution in [0.25, 0.3) is 11.0 Å². The second-order valence-corrected chi connectivity index (χ2v) is 5.39. The molecule has 7 nitrogen and oxygen atoms in total. The predicted octanol–water partition coefficient (Wildman–Crippen LogP) is 2.83. The Bertz CT molecular complexity index is 972. The van der Waals surface area contributed by atoms with Gasteiger partial charge in [0.2, 0.25) is 0 Å². The van der Waals surface area contributed by atoms with Crippen molar-refractivity contribution < 1.29 is 23.4 Å². The monoisotopic (exact) mass is 355 g/mol. The van der Waals surface area contributed by atoms with E-state index in [4.69, 9.17) is 18.6 Å². The number of carbonyl (C=O) groups excluding carboxylic acids is 1. The highest BCUT2D eigenvalue weighted by Gasteiger charge is 2.08. The van der Waals surface area contributed by atoms with Gasteiger partial charge in [0.05, 0.1) is 14.2 Å². The molecule has 1 amide bonds. The Morgan fingerprint density at radius 2 is 1.65 bits per heavy atom. The van der Waals surface area contributed by atoms with E-state index < -0.39 is 5.63 Å². The van der Waals surface area contributed by atoms with E-state index in [2.05, 4.69) is 5.32 Å². The summed E-state index contributed by atoms with van der Waals surface area (Å²) in [6.45, 7) is -0.206. The second kappa shape index (κ2) is 7.60.